The number of aromatic nitrogens is 2. The van der Waals surface area contributed by atoms with Gasteiger partial charge in [-0.15, -0.1) is 0 Å². The van der Waals surface area contributed by atoms with Crippen molar-refractivity contribution in [1.82, 2.24) is 15.4 Å². The van der Waals surface area contributed by atoms with Crippen LogP contribution in [-0.2, 0) is 5.75 Å². The number of ether oxygens (including phenoxy) is 2. The molecular weight excluding hydrogens is 412 g/mol. The molecule has 0 radical (unpaired) electrons. The third kappa shape index (κ3) is 6.29. The van der Waals surface area contributed by atoms with Gasteiger partial charge in [-0.1, -0.05) is 23.9 Å². The van der Waals surface area contributed by atoms with Gasteiger partial charge in [-0.3, -0.25) is 4.79 Å². The normalized spacial score (nSPS) is 10.8. The molecule has 1 aromatic heterocycles. The van der Waals surface area contributed by atoms with E-state index in [-0.39, 0.29) is 5.91 Å². The molecule has 0 atom stereocenters. The van der Waals surface area contributed by atoms with E-state index in [2.05, 4.69) is 20.5 Å². The third-order valence-electron chi connectivity index (χ3n) is 4.33. The zero-order valence-electron chi connectivity index (χ0n) is 17.9. The lowest BCUT2D eigenvalue weighted by atomic mass is 10.1. The predicted molar refractivity (Wildman–Crippen MR) is 122 cm³/mol. The van der Waals surface area contributed by atoms with Crippen LogP contribution in [-0.4, -0.2) is 36.3 Å². The molecule has 0 aliphatic carbocycles. The van der Waals surface area contributed by atoms with Crippen LogP contribution in [0.15, 0.2) is 58.8 Å². The molecule has 0 spiro atoms. The molecule has 0 saturated carbocycles. The first kappa shape index (κ1) is 22.3. The highest BCUT2D eigenvalue weighted by Gasteiger charge is 2.07. The summed E-state index contributed by atoms with van der Waals surface area (Å²) in [6, 6.07) is 14.7. The smallest absolute Gasteiger partial charge is 0.271 e. The van der Waals surface area contributed by atoms with Gasteiger partial charge in [0.25, 0.3) is 5.91 Å². The number of nitrogens with one attached hydrogen (secondary N) is 1. The van der Waals surface area contributed by atoms with Crippen LogP contribution >= 0.6 is 11.8 Å². The minimum Gasteiger partial charge on any atom is -0.493 e. The van der Waals surface area contributed by atoms with Crippen molar-refractivity contribution in [2.45, 2.75) is 24.8 Å². The molecule has 3 rings (SSSR count). The number of amides is 1. The van der Waals surface area contributed by atoms with Crippen LogP contribution in [0.4, 0.5) is 0 Å². The Bertz CT molecular complexity index is 1060. The van der Waals surface area contributed by atoms with Gasteiger partial charge < -0.3 is 9.47 Å². The van der Waals surface area contributed by atoms with E-state index in [0.717, 1.165) is 33.4 Å². The Hall–Kier alpha value is -3.39. The molecule has 0 aliphatic heterocycles. The number of carbonyl (C=O) groups excluding carboxylic acids is 1. The fourth-order valence-corrected chi connectivity index (χ4v) is 3.73. The van der Waals surface area contributed by atoms with Gasteiger partial charge in [-0.2, -0.15) is 5.10 Å². The van der Waals surface area contributed by atoms with E-state index in [9.17, 15) is 4.79 Å². The molecule has 0 fully saturated rings. The quantitative estimate of drug-likeness (QED) is 0.247. The zero-order chi connectivity index (χ0) is 22.2. The van der Waals surface area contributed by atoms with Gasteiger partial charge in [-0.05, 0) is 61.4 Å². The molecule has 1 heterocycles. The second kappa shape index (κ2) is 10.6. The topological polar surface area (TPSA) is 85.7 Å². The van der Waals surface area contributed by atoms with E-state index in [1.54, 1.807) is 56.5 Å². The van der Waals surface area contributed by atoms with Crippen LogP contribution in [0.1, 0.15) is 32.9 Å². The van der Waals surface area contributed by atoms with E-state index in [4.69, 9.17) is 9.47 Å². The van der Waals surface area contributed by atoms with Crippen molar-refractivity contribution < 1.29 is 14.3 Å². The summed E-state index contributed by atoms with van der Waals surface area (Å²) in [5.74, 6) is 1.67. The summed E-state index contributed by atoms with van der Waals surface area (Å²) in [6.45, 7) is 3.92. The second-order valence-corrected chi connectivity index (χ2v) is 7.67. The molecule has 0 bridgehead atoms. The third-order valence-corrected chi connectivity index (χ3v) is 5.25. The summed E-state index contributed by atoms with van der Waals surface area (Å²) < 4.78 is 10.5. The van der Waals surface area contributed by atoms with Crippen molar-refractivity contribution in [2.75, 3.05) is 14.2 Å². The largest absolute Gasteiger partial charge is 0.493 e. The van der Waals surface area contributed by atoms with E-state index in [1.165, 1.54) is 0 Å². The molecule has 160 valence electrons. The summed E-state index contributed by atoms with van der Waals surface area (Å²) in [4.78, 5) is 21.2. The van der Waals surface area contributed by atoms with Crippen LogP contribution in [0, 0.1) is 13.8 Å². The Morgan fingerprint density at radius 3 is 2.32 bits per heavy atom. The number of thioether (sulfide) groups is 1. The molecular formula is C23H24N4O3S. The van der Waals surface area contributed by atoms with E-state index in [1.807, 2.05) is 38.1 Å². The van der Waals surface area contributed by atoms with Crippen molar-refractivity contribution in [3.8, 4) is 11.5 Å². The molecule has 7 nitrogen and oxygen atoms in total. The Labute approximate surface area is 185 Å². The summed E-state index contributed by atoms with van der Waals surface area (Å²) in [5.41, 5.74) is 6.83. The van der Waals surface area contributed by atoms with Crippen molar-refractivity contribution in [2.24, 2.45) is 5.10 Å². The number of hydrogen-bond donors (Lipinski definition) is 1. The van der Waals surface area contributed by atoms with E-state index >= 15 is 0 Å². The highest BCUT2D eigenvalue weighted by atomic mass is 32.2. The molecule has 0 saturated heterocycles. The average molecular weight is 437 g/mol. The first-order valence-electron chi connectivity index (χ1n) is 9.58. The number of rotatable bonds is 8. The van der Waals surface area contributed by atoms with Gasteiger partial charge in [-0.25, -0.2) is 15.4 Å². The maximum Gasteiger partial charge on any atom is 0.271 e. The summed E-state index contributed by atoms with van der Waals surface area (Å²) in [6.07, 6.45) is 1.55. The second-order valence-electron chi connectivity index (χ2n) is 6.73. The minimum absolute atomic E-state index is 0.284. The number of aryl methyl sites for hydroxylation is 2. The Kier molecular flexibility index (Phi) is 7.61. The number of nitrogens with zero attached hydrogens (tertiary/aromatic N) is 3. The molecule has 2 aromatic carbocycles. The summed E-state index contributed by atoms with van der Waals surface area (Å²) in [7, 11) is 3.14. The van der Waals surface area contributed by atoms with Crippen molar-refractivity contribution in [3.63, 3.8) is 0 Å². The van der Waals surface area contributed by atoms with Crippen molar-refractivity contribution >= 4 is 23.9 Å². The van der Waals surface area contributed by atoms with Crippen molar-refractivity contribution in [1.29, 1.82) is 0 Å². The van der Waals surface area contributed by atoms with Crippen molar-refractivity contribution in [3.05, 3.63) is 76.6 Å². The first-order valence-corrected chi connectivity index (χ1v) is 10.6. The molecule has 1 N–H and O–H groups in total. The molecule has 0 aliphatic rings. The number of methoxy groups -OCH3 is 2. The minimum atomic E-state index is -0.284. The van der Waals surface area contributed by atoms with Gasteiger partial charge >= 0.3 is 0 Å². The van der Waals surface area contributed by atoms with Gasteiger partial charge in [0.05, 0.1) is 20.4 Å². The molecule has 31 heavy (non-hydrogen) atoms. The fraction of sp³-hybridized carbons (Fsp3) is 0.217. The SMILES string of the molecule is COc1ccc(/C=N/NC(=O)c2ccc(CSc3nc(C)cc(C)n3)cc2)cc1OC. The number of carbonyl (C=O) groups is 1. The average Bonchev–Trinajstić information content (AvgIpc) is 2.77. The highest BCUT2D eigenvalue weighted by molar-refractivity contribution is 7.98. The van der Waals surface area contributed by atoms with E-state index < -0.39 is 0 Å². The molecule has 1 amide bonds. The summed E-state index contributed by atoms with van der Waals surface area (Å²) >= 11 is 1.57. The van der Waals surface area contributed by atoms with Gasteiger partial charge in [0.1, 0.15) is 0 Å². The standard InChI is InChI=1S/C23H24N4O3S/c1-15-11-16(2)26-23(25-15)31-14-17-5-8-19(9-6-17)22(28)27-24-13-18-7-10-20(29-3)21(12-18)30-4/h5-13H,14H2,1-4H3,(H,27,28)/b24-13+. The van der Waals surface area contributed by atoms with Gasteiger partial charge in [0.2, 0.25) is 0 Å². The van der Waals surface area contributed by atoms with Crippen LogP contribution < -0.4 is 14.9 Å². The fourth-order valence-electron chi connectivity index (χ4n) is 2.82. The van der Waals surface area contributed by atoms with E-state index in [0.29, 0.717) is 17.1 Å². The van der Waals surface area contributed by atoms with Crippen LogP contribution in [0.25, 0.3) is 0 Å². The maximum absolute atomic E-state index is 12.3. The lowest BCUT2D eigenvalue weighted by Crippen LogP contribution is -2.17. The Morgan fingerprint density at radius 2 is 1.68 bits per heavy atom. The van der Waals surface area contributed by atoms with Crippen LogP contribution in [0.3, 0.4) is 0 Å². The number of benzene rings is 2. The molecule has 0 unspecified atom stereocenters. The Morgan fingerprint density at radius 1 is 1.00 bits per heavy atom. The lowest BCUT2D eigenvalue weighted by Gasteiger charge is -2.07. The number of hydrogen-bond acceptors (Lipinski definition) is 7. The maximum atomic E-state index is 12.3. The monoisotopic (exact) mass is 436 g/mol. The predicted octanol–water partition coefficient (Wildman–Crippen LogP) is 4.17. The van der Waals surface area contributed by atoms with Crippen LogP contribution in [0.5, 0.6) is 11.5 Å². The Balaban J connectivity index is 1.55. The lowest BCUT2D eigenvalue weighted by molar-refractivity contribution is 0.0955. The number of hydrazone groups is 1. The summed E-state index contributed by atoms with van der Waals surface area (Å²) in [5, 5.41) is 4.78. The van der Waals surface area contributed by atoms with Gasteiger partial charge in [0, 0.05) is 22.7 Å². The van der Waals surface area contributed by atoms with Crippen LogP contribution in [0.2, 0.25) is 0 Å². The molecule has 8 heteroatoms. The zero-order valence-corrected chi connectivity index (χ0v) is 18.7. The first-order chi connectivity index (χ1) is 15.0. The molecule has 3 aromatic rings. The highest BCUT2D eigenvalue weighted by Crippen LogP contribution is 2.26. The van der Waals surface area contributed by atoms with Gasteiger partial charge in [0.15, 0.2) is 16.7 Å².